The zero-order chi connectivity index (χ0) is 23.9. The Morgan fingerprint density at radius 3 is 2.89 bits per heavy atom. The van der Waals surface area contributed by atoms with Crippen LogP contribution in [0.5, 0.6) is 5.75 Å². The van der Waals surface area contributed by atoms with E-state index >= 15 is 0 Å². The Morgan fingerprint density at radius 2 is 2.00 bits per heavy atom. The first-order valence-electron chi connectivity index (χ1n) is 11.1. The van der Waals surface area contributed by atoms with Gasteiger partial charge in [0, 0.05) is 28.5 Å². The molecule has 35 heavy (non-hydrogen) atoms. The molecule has 1 aliphatic rings. The number of fused-ring (bicyclic) bond motifs is 2. The third kappa shape index (κ3) is 3.89. The van der Waals surface area contributed by atoms with Crippen molar-refractivity contribution in [3.05, 3.63) is 94.4 Å². The third-order valence-corrected chi connectivity index (χ3v) is 6.28. The number of aryl methyl sites for hydroxylation is 1. The van der Waals surface area contributed by atoms with Crippen LogP contribution in [0.1, 0.15) is 34.7 Å². The highest BCUT2D eigenvalue weighted by Gasteiger charge is 2.34. The van der Waals surface area contributed by atoms with Crippen LogP contribution < -0.4 is 10.1 Å². The van der Waals surface area contributed by atoms with E-state index < -0.39 is 0 Å². The van der Waals surface area contributed by atoms with Gasteiger partial charge < -0.3 is 10.1 Å². The zero-order valence-corrected chi connectivity index (χ0v) is 19.5. The van der Waals surface area contributed by atoms with Crippen molar-refractivity contribution in [2.24, 2.45) is 0 Å². The number of amides is 1. The van der Waals surface area contributed by atoms with E-state index in [0.29, 0.717) is 34.7 Å². The van der Waals surface area contributed by atoms with Gasteiger partial charge >= 0.3 is 0 Å². The number of nitrogens with one attached hydrogen (secondary N) is 1. The predicted molar refractivity (Wildman–Crippen MR) is 130 cm³/mol. The van der Waals surface area contributed by atoms with Crippen molar-refractivity contribution < 1.29 is 9.53 Å². The Bertz CT molecular complexity index is 1580. The molecule has 0 saturated carbocycles. The summed E-state index contributed by atoms with van der Waals surface area (Å²) in [5.41, 5.74) is 4.26. The molecule has 1 atom stereocenters. The minimum Gasteiger partial charge on any atom is -0.489 e. The van der Waals surface area contributed by atoms with Gasteiger partial charge in [0.2, 0.25) is 5.91 Å². The molecular formula is C25H20ClN7O2. The number of halogens is 1. The second-order valence-corrected chi connectivity index (χ2v) is 8.78. The Kier molecular flexibility index (Phi) is 5.18. The van der Waals surface area contributed by atoms with E-state index in [1.165, 1.54) is 6.33 Å². The number of benzene rings is 2. The molecule has 0 saturated heterocycles. The van der Waals surface area contributed by atoms with Crippen molar-refractivity contribution >= 4 is 29.0 Å². The van der Waals surface area contributed by atoms with Gasteiger partial charge in [-0.1, -0.05) is 41.9 Å². The minimum absolute atomic E-state index is 0.0985. The number of carbonyl (C=O) groups is 1. The molecule has 0 aliphatic carbocycles. The summed E-state index contributed by atoms with van der Waals surface area (Å²) < 4.78 is 9.43. The number of para-hydroxylation sites is 1. The second kappa shape index (κ2) is 8.52. The van der Waals surface area contributed by atoms with E-state index in [0.717, 1.165) is 22.4 Å². The molecule has 1 unspecified atom stereocenters. The second-order valence-electron chi connectivity index (χ2n) is 8.35. The van der Waals surface area contributed by atoms with Crippen molar-refractivity contribution in [1.29, 1.82) is 0 Å². The lowest BCUT2D eigenvalue weighted by atomic mass is 9.85. The first-order chi connectivity index (χ1) is 17.1. The lowest BCUT2D eigenvalue weighted by Gasteiger charge is -2.26. The van der Waals surface area contributed by atoms with Gasteiger partial charge in [-0.15, -0.1) is 15.3 Å². The molecule has 174 valence electrons. The smallest absolute Gasteiger partial charge is 0.226 e. The van der Waals surface area contributed by atoms with E-state index in [-0.39, 0.29) is 18.2 Å². The number of carbonyl (C=O) groups excluding carboxylic acids is 1. The van der Waals surface area contributed by atoms with Crippen LogP contribution in [0.25, 0.3) is 11.5 Å². The van der Waals surface area contributed by atoms with Crippen LogP contribution in [-0.2, 0) is 11.4 Å². The molecule has 5 aromatic rings. The van der Waals surface area contributed by atoms with Gasteiger partial charge in [-0.25, -0.2) is 0 Å². The zero-order valence-electron chi connectivity index (χ0n) is 18.7. The van der Waals surface area contributed by atoms with Gasteiger partial charge in [-0.2, -0.15) is 14.3 Å². The molecule has 6 rings (SSSR count). The van der Waals surface area contributed by atoms with Gasteiger partial charge in [-0.3, -0.25) is 4.79 Å². The fourth-order valence-corrected chi connectivity index (χ4v) is 4.71. The molecule has 3 aromatic heterocycles. The summed E-state index contributed by atoms with van der Waals surface area (Å²) in [6, 6.07) is 19.0. The van der Waals surface area contributed by atoms with Crippen LogP contribution in [0.3, 0.4) is 0 Å². The van der Waals surface area contributed by atoms with Crippen LogP contribution >= 0.6 is 11.6 Å². The maximum atomic E-state index is 12.8. The Hall–Kier alpha value is -4.24. The Morgan fingerprint density at radius 1 is 1.11 bits per heavy atom. The number of hydrogen-bond donors (Lipinski definition) is 1. The predicted octanol–water partition coefficient (Wildman–Crippen LogP) is 4.32. The number of ether oxygens (including phenoxy) is 1. The monoisotopic (exact) mass is 485 g/mol. The summed E-state index contributed by atoms with van der Waals surface area (Å²) in [6.45, 7) is 2.30. The first-order valence-corrected chi connectivity index (χ1v) is 11.5. The molecule has 0 bridgehead atoms. The average molecular weight is 486 g/mol. The fourth-order valence-electron chi connectivity index (χ4n) is 4.50. The molecule has 4 heterocycles. The topological polar surface area (TPSA) is 99.2 Å². The normalized spacial score (nSPS) is 15.1. The van der Waals surface area contributed by atoms with Crippen molar-refractivity contribution in [2.75, 3.05) is 5.32 Å². The van der Waals surface area contributed by atoms with Crippen LogP contribution in [0, 0.1) is 6.92 Å². The van der Waals surface area contributed by atoms with Crippen molar-refractivity contribution in [3.63, 3.8) is 0 Å². The van der Waals surface area contributed by atoms with Crippen molar-refractivity contribution in [1.82, 2.24) is 29.6 Å². The summed E-state index contributed by atoms with van der Waals surface area (Å²) in [5.74, 6) is 1.55. The van der Waals surface area contributed by atoms with Crippen LogP contribution in [0.15, 0.2) is 67.0 Å². The summed E-state index contributed by atoms with van der Waals surface area (Å²) >= 11 is 6.13. The van der Waals surface area contributed by atoms with Gasteiger partial charge in [0.15, 0.2) is 11.5 Å². The molecular weight excluding hydrogens is 466 g/mol. The van der Waals surface area contributed by atoms with Crippen molar-refractivity contribution in [2.45, 2.75) is 25.9 Å². The van der Waals surface area contributed by atoms with Gasteiger partial charge in [0.1, 0.15) is 24.5 Å². The molecule has 0 radical (unpaired) electrons. The van der Waals surface area contributed by atoms with E-state index in [1.807, 2.05) is 55.5 Å². The standard InChI is InChI=1S/C25H20ClN7O2/c1-15-24-19(18-7-2-3-8-20(18)35-13-16-5-4-6-17(26)11-16)12-23(34)28-25(24)33(30-15)22-10-9-21-29-27-14-32(21)31-22/h2-11,14,19H,12-13H2,1H3,(H,28,34). The molecule has 10 heteroatoms. The number of anilines is 1. The largest absolute Gasteiger partial charge is 0.489 e. The SMILES string of the molecule is Cc1nn(-c2ccc3nncn3n2)c2c1C(c1ccccc1OCc1cccc(Cl)c1)CC(=O)N2. The third-order valence-electron chi connectivity index (χ3n) is 6.04. The summed E-state index contributed by atoms with van der Waals surface area (Å²) in [7, 11) is 0. The summed E-state index contributed by atoms with van der Waals surface area (Å²) in [6.07, 6.45) is 1.81. The Labute approximate surface area is 205 Å². The molecule has 0 fully saturated rings. The molecule has 1 N–H and O–H groups in total. The van der Waals surface area contributed by atoms with Gasteiger partial charge in [0.05, 0.1) is 5.69 Å². The number of rotatable bonds is 5. The molecule has 1 aliphatic heterocycles. The van der Waals surface area contributed by atoms with Crippen LogP contribution in [-0.4, -0.2) is 35.5 Å². The van der Waals surface area contributed by atoms with Gasteiger partial charge in [0.25, 0.3) is 0 Å². The molecule has 2 aromatic carbocycles. The highest BCUT2D eigenvalue weighted by atomic mass is 35.5. The summed E-state index contributed by atoms with van der Waals surface area (Å²) in [5, 5.41) is 20.8. The lowest BCUT2D eigenvalue weighted by Crippen LogP contribution is -2.25. The molecule has 1 amide bonds. The molecule has 9 nitrogen and oxygen atoms in total. The van der Waals surface area contributed by atoms with Crippen LogP contribution in [0.4, 0.5) is 5.82 Å². The maximum Gasteiger partial charge on any atom is 0.226 e. The van der Waals surface area contributed by atoms with Crippen LogP contribution in [0.2, 0.25) is 5.02 Å². The van der Waals surface area contributed by atoms with E-state index in [4.69, 9.17) is 21.4 Å². The average Bonchev–Trinajstić information content (AvgIpc) is 3.46. The number of nitrogens with zero attached hydrogens (tertiary/aromatic N) is 6. The quantitative estimate of drug-likeness (QED) is 0.398. The number of hydrogen-bond acceptors (Lipinski definition) is 6. The van der Waals surface area contributed by atoms with E-state index in [2.05, 4.69) is 20.6 Å². The Balaban J connectivity index is 1.39. The summed E-state index contributed by atoms with van der Waals surface area (Å²) in [4.78, 5) is 12.8. The number of aromatic nitrogens is 6. The maximum absolute atomic E-state index is 12.8. The van der Waals surface area contributed by atoms with Crippen molar-refractivity contribution in [3.8, 4) is 11.6 Å². The highest BCUT2D eigenvalue weighted by molar-refractivity contribution is 6.30. The van der Waals surface area contributed by atoms with E-state index in [9.17, 15) is 4.79 Å². The van der Waals surface area contributed by atoms with Gasteiger partial charge in [-0.05, 0) is 42.8 Å². The highest BCUT2D eigenvalue weighted by Crippen LogP contribution is 2.43. The van der Waals surface area contributed by atoms with E-state index in [1.54, 1.807) is 21.3 Å². The first kappa shape index (κ1) is 21.3. The molecule has 0 spiro atoms. The fraction of sp³-hybridized carbons (Fsp3) is 0.160. The lowest BCUT2D eigenvalue weighted by molar-refractivity contribution is -0.116. The minimum atomic E-state index is -0.221.